The van der Waals surface area contributed by atoms with Crippen LogP contribution in [0.25, 0.3) is 11.1 Å². The lowest BCUT2D eigenvalue weighted by Crippen LogP contribution is -2.18. The van der Waals surface area contributed by atoms with Gasteiger partial charge < -0.3 is 4.74 Å². The van der Waals surface area contributed by atoms with Crippen LogP contribution in [0.1, 0.15) is 31.2 Å². The molecule has 0 spiro atoms. The van der Waals surface area contributed by atoms with Crippen LogP contribution in [0.15, 0.2) is 54.2 Å². The van der Waals surface area contributed by atoms with Crippen LogP contribution in [0.5, 0.6) is 5.75 Å². The van der Waals surface area contributed by atoms with E-state index < -0.39 is 26.7 Å². The van der Waals surface area contributed by atoms with Crippen molar-refractivity contribution in [1.82, 2.24) is 0 Å². The van der Waals surface area contributed by atoms with E-state index in [0.717, 1.165) is 17.7 Å². The summed E-state index contributed by atoms with van der Waals surface area (Å²) in [6.45, 7) is 2.09. The van der Waals surface area contributed by atoms with Crippen molar-refractivity contribution >= 4 is 8.80 Å². The first-order chi connectivity index (χ1) is 12.9. The highest BCUT2D eigenvalue weighted by Crippen LogP contribution is 2.35. The third-order valence-electron chi connectivity index (χ3n) is 5.11. The summed E-state index contributed by atoms with van der Waals surface area (Å²) in [5, 5.41) is 0. The monoisotopic (exact) mass is 394 g/mol. The van der Waals surface area contributed by atoms with E-state index in [4.69, 9.17) is 0 Å². The molecular formula is C21H22F4OSi. The van der Waals surface area contributed by atoms with Crippen molar-refractivity contribution in [3.63, 3.8) is 0 Å². The molecule has 6 heteroatoms. The maximum atomic E-state index is 13.9. The van der Waals surface area contributed by atoms with Crippen molar-refractivity contribution < 1.29 is 22.3 Å². The zero-order valence-corrected chi connectivity index (χ0v) is 16.3. The molecule has 0 N–H and O–H groups in total. The SMILES string of the molecule is CC=C[Si@H]1CC[C@H](c2ccc(-c3ccc(OC(F)(F)F)c(F)c3)cc2)CC1. The van der Waals surface area contributed by atoms with Crippen LogP contribution in [0.2, 0.25) is 12.1 Å². The summed E-state index contributed by atoms with van der Waals surface area (Å²) in [5.74, 6) is -1.28. The number of halogens is 4. The van der Waals surface area contributed by atoms with Gasteiger partial charge in [-0.05, 0) is 54.5 Å². The molecule has 1 aliphatic rings. The minimum atomic E-state index is -4.90. The summed E-state index contributed by atoms with van der Waals surface area (Å²) in [4.78, 5) is 0. The predicted molar refractivity (Wildman–Crippen MR) is 102 cm³/mol. The fourth-order valence-corrected chi connectivity index (χ4v) is 6.63. The summed E-state index contributed by atoms with van der Waals surface area (Å²) in [5.41, 5.74) is 5.00. The zero-order valence-electron chi connectivity index (χ0n) is 15.1. The van der Waals surface area contributed by atoms with Gasteiger partial charge in [0.1, 0.15) is 0 Å². The smallest absolute Gasteiger partial charge is 0.403 e. The van der Waals surface area contributed by atoms with Crippen molar-refractivity contribution in [3.8, 4) is 16.9 Å². The Bertz CT molecular complexity index is 791. The van der Waals surface area contributed by atoms with Crippen LogP contribution in [0, 0.1) is 5.82 Å². The number of rotatable bonds is 4. The van der Waals surface area contributed by atoms with Crippen molar-refractivity contribution in [1.29, 1.82) is 0 Å². The highest BCUT2D eigenvalue weighted by Gasteiger charge is 2.32. The Hall–Kier alpha value is -2.08. The van der Waals surface area contributed by atoms with Gasteiger partial charge in [0.15, 0.2) is 11.6 Å². The number of ether oxygens (including phenoxy) is 1. The highest BCUT2D eigenvalue weighted by molar-refractivity contribution is 6.64. The fraction of sp³-hybridized carbons (Fsp3) is 0.333. The minimum Gasteiger partial charge on any atom is -0.403 e. The molecule has 3 rings (SSSR count). The molecule has 1 aliphatic heterocycles. The molecule has 0 aromatic heterocycles. The van der Waals surface area contributed by atoms with Gasteiger partial charge in [0, 0.05) is 0 Å². The van der Waals surface area contributed by atoms with E-state index in [2.05, 4.69) is 35.6 Å². The first-order valence-electron chi connectivity index (χ1n) is 9.14. The van der Waals surface area contributed by atoms with Gasteiger partial charge in [0.05, 0.1) is 8.80 Å². The summed E-state index contributed by atoms with van der Waals surface area (Å²) >= 11 is 0. The Morgan fingerprint density at radius 1 is 1.00 bits per heavy atom. The Kier molecular flexibility index (Phi) is 6.04. The Morgan fingerprint density at radius 2 is 1.63 bits per heavy atom. The lowest BCUT2D eigenvalue weighted by molar-refractivity contribution is -0.275. The second kappa shape index (κ2) is 8.29. The standard InChI is InChI=1S/C21H22F4OSi/c1-2-11-27-12-9-17(10-13-27)15-3-5-16(6-4-15)18-7-8-20(19(22)14-18)26-21(23,24)25/h2-8,11,14,17,27H,9-10,12-13H2,1H3/t17-,27-. The average Bonchev–Trinajstić information content (AvgIpc) is 2.63. The van der Waals surface area contributed by atoms with Crippen LogP contribution in [-0.4, -0.2) is 15.2 Å². The minimum absolute atomic E-state index is 0.526. The number of alkyl halides is 3. The lowest BCUT2D eigenvalue weighted by Gasteiger charge is -2.26. The van der Waals surface area contributed by atoms with Gasteiger partial charge in [0.2, 0.25) is 0 Å². The fourth-order valence-electron chi connectivity index (χ4n) is 3.75. The van der Waals surface area contributed by atoms with Gasteiger partial charge >= 0.3 is 6.36 Å². The van der Waals surface area contributed by atoms with Gasteiger partial charge in [-0.15, -0.1) is 18.9 Å². The summed E-state index contributed by atoms with van der Waals surface area (Å²) in [7, 11) is -0.688. The zero-order chi connectivity index (χ0) is 19.4. The normalized spacial score (nSPS) is 20.8. The van der Waals surface area contributed by atoms with Crippen LogP contribution in [0.3, 0.4) is 0 Å². The predicted octanol–water partition coefficient (Wildman–Crippen LogP) is 6.61. The van der Waals surface area contributed by atoms with E-state index in [1.54, 1.807) is 0 Å². The second-order valence-corrected chi connectivity index (χ2v) is 10.0. The average molecular weight is 394 g/mol. The Labute approximate surface area is 158 Å². The van der Waals surface area contributed by atoms with Crippen molar-refractivity contribution in [2.75, 3.05) is 0 Å². The van der Waals surface area contributed by atoms with E-state index in [1.807, 2.05) is 12.1 Å². The first-order valence-corrected chi connectivity index (χ1v) is 11.4. The maximum Gasteiger partial charge on any atom is 0.573 e. The van der Waals surface area contributed by atoms with Gasteiger partial charge in [-0.1, -0.05) is 48.5 Å². The summed E-state index contributed by atoms with van der Waals surface area (Å²) in [6.07, 6.45) is -0.313. The third kappa shape index (κ3) is 5.22. The van der Waals surface area contributed by atoms with Crippen LogP contribution in [-0.2, 0) is 0 Å². The third-order valence-corrected chi connectivity index (χ3v) is 8.19. The molecule has 0 bridgehead atoms. The molecule has 0 amide bonds. The molecule has 0 radical (unpaired) electrons. The van der Waals surface area contributed by atoms with Gasteiger partial charge in [0.25, 0.3) is 0 Å². The molecule has 27 heavy (non-hydrogen) atoms. The van der Waals surface area contributed by atoms with E-state index in [1.165, 1.54) is 36.6 Å². The number of allylic oxidation sites excluding steroid dienone is 1. The van der Waals surface area contributed by atoms with E-state index >= 15 is 0 Å². The van der Waals surface area contributed by atoms with Gasteiger partial charge in [-0.25, -0.2) is 4.39 Å². The van der Waals surface area contributed by atoms with Crippen LogP contribution < -0.4 is 4.74 Å². The van der Waals surface area contributed by atoms with Crippen molar-refractivity contribution in [2.24, 2.45) is 0 Å². The largest absolute Gasteiger partial charge is 0.573 e. The van der Waals surface area contributed by atoms with Crippen LogP contribution in [0.4, 0.5) is 17.6 Å². The van der Waals surface area contributed by atoms with Crippen molar-refractivity contribution in [2.45, 2.75) is 44.1 Å². The number of benzene rings is 2. The molecule has 1 saturated heterocycles. The van der Waals surface area contributed by atoms with Gasteiger partial charge in [-0.2, -0.15) is 0 Å². The summed E-state index contributed by atoms with van der Waals surface area (Å²) in [6, 6.07) is 14.1. The second-order valence-electron chi connectivity index (χ2n) is 6.95. The van der Waals surface area contributed by atoms with E-state index in [-0.39, 0.29) is 0 Å². The number of hydrogen-bond acceptors (Lipinski definition) is 1. The van der Waals surface area contributed by atoms with Crippen molar-refractivity contribution in [3.05, 3.63) is 65.6 Å². The Morgan fingerprint density at radius 3 is 2.19 bits per heavy atom. The molecule has 0 saturated carbocycles. The summed E-state index contributed by atoms with van der Waals surface area (Å²) < 4.78 is 54.3. The quantitative estimate of drug-likeness (QED) is 0.419. The molecule has 2 aromatic carbocycles. The molecule has 1 fully saturated rings. The maximum absolute atomic E-state index is 13.9. The molecule has 144 valence electrons. The molecule has 2 aromatic rings. The van der Waals surface area contributed by atoms with Gasteiger partial charge in [-0.3, -0.25) is 0 Å². The first kappa shape index (κ1) is 19.7. The van der Waals surface area contributed by atoms with E-state index in [0.29, 0.717) is 11.5 Å². The number of hydrogen-bond donors (Lipinski definition) is 0. The molecule has 0 unspecified atom stereocenters. The van der Waals surface area contributed by atoms with Crippen LogP contribution >= 0.6 is 0 Å². The molecule has 1 heterocycles. The molecule has 1 nitrogen and oxygen atoms in total. The lowest BCUT2D eigenvalue weighted by atomic mass is 9.92. The van der Waals surface area contributed by atoms with E-state index in [9.17, 15) is 17.6 Å². The highest BCUT2D eigenvalue weighted by atomic mass is 28.3. The molecule has 0 atom stereocenters. The Balaban J connectivity index is 1.70. The molecular weight excluding hydrogens is 372 g/mol. The molecule has 0 aliphatic carbocycles. The topological polar surface area (TPSA) is 9.23 Å².